The highest BCUT2D eigenvalue weighted by Gasteiger charge is 2.31. The normalized spacial score (nSPS) is 15.5. The van der Waals surface area contributed by atoms with E-state index in [1.54, 1.807) is 57.2 Å². The van der Waals surface area contributed by atoms with Crippen molar-refractivity contribution in [3.63, 3.8) is 0 Å². The summed E-state index contributed by atoms with van der Waals surface area (Å²) in [5.74, 6) is 0.318. The number of nitrogens with zero attached hydrogens (tertiary/aromatic N) is 1. The summed E-state index contributed by atoms with van der Waals surface area (Å²) in [5, 5.41) is 5.62. The van der Waals surface area contributed by atoms with Crippen LogP contribution in [0.15, 0.2) is 40.6 Å². The molecule has 186 valence electrons. The van der Waals surface area contributed by atoms with Crippen LogP contribution in [0.4, 0.5) is 4.79 Å². The molecule has 1 aromatic carbocycles. The Bertz CT molecular complexity index is 1120. The molecule has 1 fully saturated rings. The zero-order valence-electron chi connectivity index (χ0n) is 19.8. The lowest BCUT2D eigenvalue weighted by atomic mass is 10.1. The molecule has 34 heavy (non-hydrogen) atoms. The SMILES string of the molecule is COc1cccc(C(=O)NCc2ccc(S(=O)(=O)N3CCC(NC(=O)OC(C)(C)C)CC3)s2)c1. The fourth-order valence-corrected chi connectivity index (χ4v) is 6.39. The fraction of sp³-hybridized carbons (Fsp3) is 0.478. The minimum absolute atomic E-state index is 0.132. The zero-order chi connectivity index (χ0) is 24.9. The van der Waals surface area contributed by atoms with Crippen LogP contribution in [0.25, 0.3) is 0 Å². The highest BCUT2D eigenvalue weighted by molar-refractivity contribution is 7.91. The number of carbonyl (C=O) groups is 2. The van der Waals surface area contributed by atoms with Crippen LogP contribution < -0.4 is 15.4 Å². The molecule has 3 rings (SSSR count). The van der Waals surface area contributed by atoms with Gasteiger partial charge in [0.1, 0.15) is 15.6 Å². The van der Waals surface area contributed by atoms with Crippen molar-refractivity contribution in [1.82, 2.24) is 14.9 Å². The van der Waals surface area contributed by atoms with Gasteiger partial charge in [0.15, 0.2) is 0 Å². The lowest BCUT2D eigenvalue weighted by Crippen LogP contribution is -2.47. The standard InChI is InChI=1S/C23H31N3O6S2/c1-23(2,3)32-22(28)25-17-10-12-26(13-11-17)34(29,30)20-9-8-19(33-20)15-24-21(27)16-6-5-7-18(14-16)31-4/h5-9,14,17H,10-13,15H2,1-4H3,(H,24,27)(H,25,28). The van der Waals surface area contributed by atoms with Crippen molar-refractivity contribution in [3.05, 3.63) is 46.8 Å². The third-order valence-electron chi connectivity index (χ3n) is 5.16. The summed E-state index contributed by atoms with van der Waals surface area (Å²) in [7, 11) is -2.11. The second-order valence-corrected chi connectivity index (χ2v) is 12.3. The minimum atomic E-state index is -3.64. The number of carbonyl (C=O) groups excluding carboxylic acids is 2. The summed E-state index contributed by atoms with van der Waals surface area (Å²) in [4.78, 5) is 25.1. The van der Waals surface area contributed by atoms with Gasteiger partial charge in [-0.05, 0) is 63.9 Å². The number of hydrogen-bond donors (Lipinski definition) is 2. The largest absolute Gasteiger partial charge is 0.497 e. The first kappa shape index (κ1) is 26.0. The van der Waals surface area contributed by atoms with Crippen LogP contribution in [0.5, 0.6) is 5.75 Å². The Morgan fingerprint density at radius 2 is 1.85 bits per heavy atom. The highest BCUT2D eigenvalue weighted by Crippen LogP contribution is 2.27. The average Bonchev–Trinajstić information content (AvgIpc) is 3.26. The van der Waals surface area contributed by atoms with Gasteiger partial charge >= 0.3 is 6.09 Å². The number of ether oxygens (including phenoxy) is 2. The van der Waals surface area contributed by atoms with E-state index in [-0.39, 0.29) is 22.7 Å². The molecule has 1 saturated heterocycles. The van der Waals surface area contributed by atoms with E-state index < -0.39 is 21.7 Å². The van der Waals surface area contributed by atoms with E-state index >= 15 is 0 Å². The van der Waals surface area contributed by atoms with E-state index in [1.165, 1.54) is 11.4 Å². The number of alkyl carbamates (subject to hydrolysis) is 1. The van der Waals surface area contributed by atoms with Crippen LogP contribution in [-0.4, -0.2) is 56.6 Å². The molecule has 11 heteroatoms. The lowest BCUT2D eigenvalue weighted by molar-refractivity contribution is 0.0489. The molecule has 9 nitrogen and oxygen atoms in total. The molecule has 2 aromatic rings. The Morgan fingerprint density at radius 1 is 1.15 bits per heavy atom. The number of thiophene rings is 1. The van der Waals surface area contributed by atoms with Gasteiger partial charge in [-0.15, -0.1) is 11.3 Å². The van der Waals surface area contributed by atoms with Gasteiger partial charge < -0.3 is 20.1 Å². The van der Waals surface area contributed by atoms with E-state index in [9.17, 15) is 18.0 Å². The van der Waals surface area contributed by atoms with Crippen LogP contribution in [0.2, 0.25) is 0 Å². The van der Waals surface area contributed by atoms with Gasteiger partial charge in [-0.25, -0.2) is 13.2 Å². The van der Waals surface area contributed by atoms with Crippen LogP contribution in [-0.2, 0) is 21.3 Å². The first-order valence-corrected chi connectivity index (χ1v) is 13.2. The number of hydrogen-bond acceptors (Lipinski definition) is 7. The highest BCUT2D eigenvalue weighted by atomic mass is 32.2. The molecule has 1 aliphatic rings. The topological polar surface area (TPSA) is 114 Å². The van der Waals surface area contributed by atoms with Crippen LogP contribution >= 0.6 is 11.3 Å². The second-order valence-electron chi connectivity index (χ2n) is 8.96. The predicted molar refractivity (Wildman–Crippen MR) is 130 cm³/mol. The number of nitrogens with one attached hydrogen (secondary N) is 2. The third-order valence-corrected chi connectivity index (χ3v) is 8.61. The van der Waals surface area contributed by atoms with Crippen LogP contribution in [0, 0.1) is 0 Å². The molecule has 1 aromatic heterocycles. The molecule has 0 aliphatic carbocycles. The van der Waals surface area contributed by atoms with Crippen LogP contribution in [0.3, 0.4) is 0 Å². The monoisotopic (exact) mass is 509 g/mol. The predicted octanol–water partition coefficient (Wildman–Crippen LogP) is 3.36. The van der Waals surface area contributed by atoms with Gasteiger partial charge in [-0.3, -0.25) is 4.79 Å². The van der Waals surface area contributed by atoms with Crippen molar-refractivity contribution in [1.29, 1.82) is 0 Å². The first-order valence-electron chi connectivity index (χ1n) is 11.0. The molecule has 2 N–H and O–H groups in total. The van der Waals surface area contributed by atoms with E-state index in [1.807, 2.05) is 0 Å². The Kier molecular flexibility index (Phi) is 8.21. The Hall–Kier alpha value is -2.63. The maximum atomic E-state index is 13.1. The molecule has 0 unspecified atom stereocenters. The summed E-state index contributed by atoms with van der Waals surface area (Å²) in [5.41, 5.74) is -0.120. The number of sulfonamides is 1. The van der Waals surface area contributed by atoms with Gasteiger partial charge in [0, 0.05) is 29.6 Å². The molecular weight excluding hydrogens is 478 g/mol. The molecule has 0 saturated carbocycles. The average molecular weight is 510 g/mol. The molecule has 0 radical (unpaired) electrons. The van der Waals surface area contributed by atoms with Crippen molar-refractivity contribution in [3.8, 4) is 5.75 Å². The molecule has 0 spiro atoms. The van der Waals surface area contributed by atoms with Crippen molar-refractivity contribution in [2.45, 2.75) is 56.0 Å². The molecule has 1 aliphatic heterocycles. The van der Waals surface area contributed by atoms with Crippen molar-refractivity contribution < 1.29 is 27.5 Å². The number of amides is 2. The number of rotatable bonds is 7. The fourth-order valence-electron chi connectivity index (χ4n) is 3.47. The summed E-state index contributed by atoms with van der Waals surface area (Å²) in [6.07, 6.45) is 0.522. The number of benzene rings is 1. The van der Waals surface area contributed by atoms with Crippen LogP contribution in [0.1, 0.15) is 48.8 Å². The third kappa shape index (κ3) is 6.94. The first-order chi connectivity index (χ1) is 16.0. The van der Waals surface area contributed by atoms with Gasteiger partial charge in [0.2, 0.25) is 0 Å². The van der Waals surface area contributed by atoms with Crippen molar-refractivity contribution in [2.75, 3.05) is 20.2 Å². The Labute approximate surface area is 204 Å². The molecule has 0 atom stereocenters. The van der Waals surface area contributed by atoms with Gasteiger partial charge in [-0.1, -0.05) is 6.07 Å². The van der Waals surface area contributed by atoms with Gasteiger partial charge in [0.25, 0.3) is 15.9 Å². The van der Waals surface area contributed by atoms with Crippen molar-refractivity contribution in [2.24, 2.45) is 0 Å². The van der Waals surface area contributed by atoms with Gasteiger partial charge in [0.05, 0.1) is 13.7 Å². The lowest BCUT2D eigenvalue weighted by Gasteiger charge is -2.31. The van der Waals surface area contributed by atoms with Crippen molar-refractivity contribution >= 4 is 33.4 Å². The summed E-state index contributed by atoms with van der Waals surface area (Å²) in [6.45, 7) is 6.22. The quantitative estimate of drug-likeness (QED) is 0.592. The molecule has 2 heterocycles. The summed E-state index contributed by atoms with van der Waals surface area (Å²) in [6, 6.07) is 9.95. The maximum absolute atomic E-state index is 13.1. The van der Waals surface area contributed by atoms with Gasteiger partial charge in [-0.2, -0.15) is 4.31 Å². The second kappa shape index (κ2) is 10.7. The summed E-state index contributed by atoms with van der Waals surface area (Å²) >= 11 is 1.14. The molecule has 2 amide bonds. The molecular formula is C23H31N3O6S2. The Morgan fingerprint density at radius 3 is 2.50 bits per heavy atom. The van der Waals surface area contributed by atoms with E-state index in [4.69, 9.17) is 9.47 Å². The summed E-state index contributed by atoms with van der Waals surface area (Å²) < 4.78 is 38.2. The minimum Gasteiger partial charge on any atom is -0.497 e. The van der Waals surface area contributed by atoms with E-state index in [2.05, 4.69) is 10.6 Å². The van der Waals surface area contributed by atoms with E-state index in [0.29, 0.717) is 37.2 Å². The van der Waals surface area contributed by atoms with E-state index in [0.717, 1.165) is 16.2 Å². The zero-order valence-corrected chi connectivity index (χ0v) is 21.4. The smallest absolute Gasteiger partial charge is 0.407 e. The Balaban J connectivity index is 1.53. The molecule has 0 bridgehead atoms. The number of piperidine rings is 1. The maximum Gasteiger partial charge on any atom is 0.407 e. The number of methoxy groups -OCH3 is 1.